The topological polar surface area (TPSA) is 63.1 Å². The molecule has 0 amide bonds. The number of benzene rings is 1. The Morgan fingerprint density at radius 2 is 2.18 bits per heavy atom. The number of rotatable bonds is 3. The molecule has 0 aliphatic rings. The summed E-state index contributed by atoms with van der Waals surface area (Å²) in [7, 11) is 0. The standard InChI is InChI=1S/C12H10N2O2S/c1-8-2-3-9(6-10(8)12(15)16)17-11-4-5-13-7-14-11/h2-7H,1H3,(H,15,16). The molecule has 0 atom stereocenters. The summed E-state index contributed by atoms with van der Waals surface area (Å²) < 4.78 is 0. The van der Waals surface area contributed by atoms with Crippen LogP contribution in [0.2, 0.25) is 0 Å². The highest BCUT2D eigenvalue weighted by Crippen LogP contribution is 2.27. The number of aryl methyl sites for hydroxylation is 1. The number of carbonyl (C=O) groups is 1. The number of hydrogen-bond acceptors (Lipinski definition) is 4. The Morgan fingerprint density at radius 3 is 2.82 bits per heavy atom. The molecule has 0 radical (unpaired) electrons. The molecule has 0 aliphatic carbocycles. The first-order valence-corrected chi connectivity index (χ1v) is 5.76. The summed E-state index contributed by atoms with van der Waals surface area (Å²) >= 11 is 1.41. The molecule has 0 saturated carbocycles. The summed E-state index contributed by atoms with van der Waals surface area (Å²) in [6.45, 7) is 1.78. The van der Waals surface area contributed by atoms with Gasteiger partial charge in [0.25, 0.3) is 0 Å². The van der Waals surface area contributed by atoms with Gasteiger partial charge in [0.05, 0.1) is 5.56 Å². The largest absolute Gasteiger partial charge is 0.478 e. The summed E-state index contributed by atoms with van der Waals surface area (Å²) in [6, 6.07) is 7.12. The monoisotopic (exact) mass is 246 g/mol. The molecule has 0 saturated heterocycles. The van der Waals surface area contributed by atoms with Crippen LogP contribution in [0.5, 0.6) is 0 Å². The average molecular weight is 246 g/mol. The van der Waals surface area contributed by atoms with Crippen molar-refractivity contribution in [2.24, 2.45) is 0 Å². The third kappa shape index (κ3) is 2.82. The number of carboxylic acid groups (broad SMARTS) is 1. The lowest BCUT2D eigenvalue weighted by atomic mass is 10.1. The van der Waals surface area contributed by atoms with Crippen LogP contribution < -0.4 is 0 Å². The summed E-state index contributed by atoms with van der Waals surface area (Å²) in [6.07, 6.45) is 3.12. The van der Waals surface area contributed by atoms with Gasteiger partial charge in [-0.3, -0.25) is 0 Å². The quantitative estimate of drug-likeness (QED) is 0.843. The zero-order chi connectivity index (χ0) is 12.3. The predicted molar refractivity (Wildman–Crippen MR) is 64.3 cm³/mol. The van der Waals surface area contributed by atoms with Crippen molar-refractivity contribution in [1.82, 2.24) is 9.97 Å². The van der Waals surface area contributed by atoms with Gasteiger partial charge < -0.3 is 5.11 Å². The van der Waals surface area contributed by atoms with Crippen molar-refractivity contribution in [3.63, 3.8) is 0 Å². The van der Waals surface area contributed by atoms with Crippen molar-refractivity contribution in [3.05, 3.63) is 47.9 Å². The number of hydrogen-bond donors (Lipinski definition) is 1. The maximum absolute atomic E-state index is 11.0. The number of aromatic carboxylic acids is 1. The van der Waals surface area contributed by atoms with E-state index in [0.717, 1.165) is 15.5 Å². The molecule has 86 valence electrons. The second kappa shape index (κ2) is 4.97. The van der Waals surface area contributed by atoms with Crippen LogP contribution >= 0.6 is 11.8 Å². The van der Waals surface area contributed by atoms with Crippen molar-refractivity contribution < 1.29 is 9.90 Å². The van der Waals surface area contributed by atoms with Crippen LogP contribution in [0.25, 0.3) is 0 Å². The zero-order valence-corrected chi connectivity index (χ0v) is 9.94. The van der Waals surface area contributed by atoms with E-state index in [-0.39, 0.29) is 0 Å². The van der Waals surface area contributed by atoms with Crippen LogP contribution in [-0.2, 0) is 0 Å². The van der Waals surface area contributed by atoms with Crippen LogP contribution in [0.4, 0.5) is 0 Å². The average Bonchev–Trinajstić information content (AvgIpc) is 2.32. The van der Waals surface area contributed by atoms with Gasteiger partial charge >= 0.3 is 5.97 Å². The predicted octanol–water partition coefficient (Wildman–Crippen LogP) is 2.63. The molecule has 1 aromatic carbocycles. The molecule has 17 heavy (non-hydrogen) atoms. The fraction of sp³-hybridized carbons (Fsp3) is 0.0833. The van der Waals surface area contributed by atoms with Crippen LogP contribution in [0.3, 0.4) is 0 Å². The van der Waals surface area contributed by atoms with Crippen molar-refractivity contribution >= 4 is 17.7 Å². The Labute approximate surface area is 103 Å². The fourth-order valence-electron chi connectivity index (χ4n) is 1.35. The summed E-state index contributed by atoms with van der Waals surface area (Å²) in [5.74, 6) is -0.910. The van der Waals surface area contributed by atoms with E-state index in [4.69, 9.17) is 5.11 Å². The molecule has 0 bridgehead atoms. The van der Waals surface area contributed by atoms with Crippen molar-refractivity contribution in [1.29, 1.82) is 0 Å². The SMILES string of the molecule is Cc1ccc(Sc2ccncn2)cc1C(=O)O. The number of nitrogens with zero attached hydrogens (tertiary/aromatic N) is 2. The molecule has 5 heteroatoms. The summed E-state index contributed by atoms with van der Waals surface area (Å²) in [4.78, 5) is 19.7. The Hall–Kier alpha value is -1.88. The van der Waals surface area contributed by atoms with E-state index in [0.29, 0.717) is 5.56 Å². The van der Waals surface area contributed by atoms with Crippen LogP contribution in [0, 0.1) is 6.92 Å². The summed E-state index contributed by atoms with van der Waals surface area (Å²) in [5.41, 5.74) is 1.08. The molecular weight excluding hydrogens is 236 g/mol. The van der Waals surface area contributed by atoms with Crippen LogP contribution in [-0.4, -0.2) is 21.0 Å². The van der Waals surface area contributed by atoms with Gasteiger partial charge in [0.1, 0.15) is 11.4 Å². The molecule has 0 spiro atoms. The maximum Gasteiger partial charge on any atom is 0.335 e. The first kappa shape index (κ1) is 11.6. The van der Waals surface area contributed by atoms with Gasteiger partial charge in [-0.2, -0.15) is 0 Å². The Balaban J connectivity index is 2.29. The molecule has 2 rings (SSSR count). The lowest BCUT2D eigenvalue weighted by molar-refractivity contribution is 0.0696. The zero-order valence-electron chi connectivity index (χ0n) is 9.12. The third-order valence-electron chi connectivity index (χ3n) is 2.22. The first-order valence-electron chi connectivity index (χ1n) is 4.94. The van der Waals surface area contributed by atoms with Crippen molar-refractivity contribution in [2.45, 2.75) is 16.8 Å². The van der Waals surface area contributed by atoms with Gasteiger partial charge in [0.15, 0.2) is 0 Å². The van der Waals surface area contributed by atoms with Gasteiger partial charge in [0, 0.05) is 11.1 Å². The molecule has 4 nitrogen and oxygen atoms in total. The minimum absolute atomic E-state index is 0.323. The van der Waals surface area contributed by atoms with E-state index < -0.39 is 5.97 Å². The van der Waals surface area contributed by atoms with Gasteiger partial charge in [0.2, 0.25) is 0 Å². The highest BCUT2D eigenvalue weighted by atomic mass is 32.2. The van der Waals surface area contributed by atoms with Crippen molar-refractivity contribution in [3.8, 4) is 0 Å². The lowest BCUT2D eigenvalue weighted by Crippen LogP contribution is -1.99. The maximum atomic E-state index is 11.0. The minimum atomic E-state index is -0.910. The number of aromatic nitrogens is 2. The van der Waals surface area contributed by atoms with Crippen LogP contribution in [0.15, 0.2) is 46.7 Å². The van der Waals surface area contributed by atoms with Gasteiger partial charge in [-0.1, -0.05) is 17.8 Å². The second-order valence-corrected chi connectivity index (χ2v) is 4.53. The first-order chi connectivity index (χ1) is 8.16. The van der Waals surface area contributed by atoms with Gasteiger partial charge in [-0.15, -0.1) is 0 Å². The summed E-state index contributed by atoms with van der Waals surface area (Å²) in [5, 5.41) is 9.81. The molecule has 1 aromatic heterocycles. The van der Waals surface area contributed by atoms with E-state index in [2.05, 4.69) is 9.97 Å². The molecule has 0 fully saturated rings. The Bertz CT molecular complexity index is 543. The van der Waals surface area contributed by atoms with E-state index in [9.17, 15) is 4.79 Å². The highest BCUT2D eigenvalue weighted by molar-refractivity contribution is 7.99. The second-order valence-electron chi connectivity index (χ2n) is 3.43. The van der Waals surface area contributed by atoms with E-state index >= 15 is 0 Å². The molecule has 0 unspecified atom stereocenters. The Morgan fingerprint density at radius 1 is 1.35 bits per heavy atom. The van der Waals surface area contributed by atoms with E-state index in [1.54, 1.807) is 31.3 Å². The highest BCUT2D eigenvalue weighted by Gasteiger charge is 2.08. The molecule has 2 aromatic rings. The van der Waals surface area contributed by atoms with Gasteiger partial charge in [-0.25, -0.2) is 14.8 Å². The fourth-order valence-corrected chi connectivity index (χ4v) is 2.14. The third-order valence-corrected chi connectivity index (χ3v) is 3.16. The van der Waals surface area contributed by atoms with Crippen LogP contribution in [0.1, 0.15) is 15.9 Å². The van der Waals surface area contributed by atoms with E-state index in [1.807, 2.05) is 6.07 Å². The minimum Gasteiger partial charge on any atom is -0.478 e. The molecule has 0 aliphatic heterocycles. The molecular formula is C12H10N2O2S. The molecule has 1 heterocycles. The number of carboxylic acids is 1. The van der Waals surface area contributed by atoms with E-state index in [1.165, 1.54) is 18.1 Å². The van der Waals surface area contributed by atoms with Crippen molar-refractivity contribution in [2.75, 3.05) is 0 Å². The van der Waals surface area contributed by atoms with Gasteiger partial charge in [-0.05, 0) is 30.7 Å². The normalized spacial score (nSPS) is 10.2. The lowest BCUT2D eigenvalue weighted by Gasteiger charge is -2.04. The molecule has 1 N–H and O–H groups in total. The smallest absolute Gasteiger partial charge is 0.335 e. The Kier molecular flexibility index (Phi) is 3.39.